The predicted octanol–water partition coefficient (Wildman–Crippen LogP) is 14.3. The molecule has 0 saturated carbocycles. The van der Waals surface area contributed by atoms with Crippen molar-refractivity contribution in [3.8, 4) is 27.9 Å². The van der Waals surface area contributed by atoms with Gasteiger partial charge in [-0.05, 0) is 99.1 Å². The van der Waals surface area contributed by atoms with Crippen molar-refractivity contribution in [1.29, 1.82) is 0 Å². The molecule has 2 nitrogen and oxygen atoms in total. The molecular weight excluding hydrogens is 689 g/mol. The molecule has 1 aromatic heterocycles. The monoisotopic (exact) mass is 726 g/mol. The Morgan fingerprint density at radius 2 is 0.930 bits per heavy atom. The first kappa shape index (κ1) is 33.0. The van der Waals surface area contributed by atoms with Gasteiger partial charge in [-0.15, -0.1) is 0 Å². The van der Waals surface area contributed by atoms with Crippen LogP contribution in [0.5, 0.6) is 0 Å². The fourth-order valence-corrected chi connectivity index (χ4v) is 9.48. The van der Waals surface area contributed by atoms with Crippen LogP contribution in [0.15, 0.2) is 231 Å². The molecule has 0 atom stereocenters. The molecule has 0 saturated heterocycles. The summed E-state index contributed by atoms with van der Waals surface area (Å²) in [6.45, 7) is 0. The van der Waals surface area contributed by atoms with Gasteiger partial charge in [0.25, 0.3) is 0 Å². The van der Waals surface area contributed by atoms with E-state index in [1.165, 1.54) is 55.2 Å². The zero-order chi connectivity index (χ0) is 37.8. The summed E-state index contributed by atoms with van der Waals surface area (Å²) in [5.74, 6) is 0. The first-order chi connectivity index (χ1) is 28.3. The Labute approximate surface area is 333 Å². The largest absolute Gasteiger partial charge is 0.310 e. The minimum Gasteiger partial charge on any atom is -0.310 e. The number of nitrogens with zero attached hydrogens (tertiary/aromatic N) is 2. The van der Waals surface area contributed by atoms with Crippen LogP contribution >= 0.6 is 0 Å². The second-order valence-corrected chi connectivity index (χ2v) is 14.9. The van der Waals surface area contributed by atoms with E-state index in [4.69, 9.17) is 0 Å². The molecule has 0 fully saturated rings. The van der Waals surface area contributed by atoms with E-state index in [1.807, 2.05) is 0 Å². The number of hydrogen-bond acceptors (Lipinski definition) is 1. The van der Waals surface area contributed by atoms with Crippen molar-refractivity contribution in [2.24, 2.45) is 0 Å². The third-order valence-electron chi connectivity index (χ3n) is 11.8. The van der Waals surface area contributed by atoms with E-state index in [2.05, 4.69) is 240 Å². The number of benzene rings is 9. The molecule has 1 aliphatic rings. The highest BCUT2D eigenvalue weighted by molar-refractivity contribution is 6.18. The summed E-state index contributed by atoms with van der Waals surface area (Å²) in [6, 6.07) is 84.3. The maximum atomic E-state index is 2.49. The van der Waals surface area contributed by atoms with Crippen molar-refractivity contribution in [2.75, 3.05) is 4.90 Å². The summed E-state index contributed by atoms with van der Waals surface area (Å²) in [5, 5.41) is 2.42. The first-order valence-electron chi connectivity index (χ1n) is 19.7. The van der Waals surface area contributed by atoms with Gasteiger partial charge in [0, 0.05) is 27.8 Å². The van der Waals surface area contributed by atoms with Crippen LogP contribution in [0.3, 0.4) is 0 Å². The van der Waals surface area contributed by atoms with E-state index in [-0.39, 0.29) is 0 Å². The molecule has 10 aromatic rings. The molecule has 1 aliphatic carbocycles. The summed E-state index contributed by atoms with van der Waals surface area (Å²) in [7, 11) is 0. The van der Waals surface area contributed by atoms with Gasteiger partial charge in [0.05, 0.1) is 22.1 Å². The van der Waals surface area contributed by atoms with E-state index < -0.39 is 5.41 Å². The van der Waals surface area contributed by atoms with Crippen LogP contribution in [-0.2, 0) is 5.41 Å². The van der Waals surface area contributed by atoms with E-state index >= 15 is 0 Å². The molecule has 0 aliphatic heterocycles. The van der Waals surface area contributed by atoms with Gasteiger partial charge in [-0.3, -0.25) is 0 Å². The standard InChI is InChI=1S/C55H38N2/c1-6-20-39(21-7-1)40-36-52(54-48-31-17-19-33-51(48)57(53(54)37-40)44-28-14-5-15-29-44)56(43-26-12-4-13-27-43)45-34-35-47-46-30-16-18-32-49(46)55(50(47)38-45,41-22-8-2-9-23-41)42-24-10-3-11-25-42/h1-38H. The van der Waals surface area contributed by atoms with Gasteiger partial charge in [-0.1, -0.05) is 176 Å². The molecule has 0 amide bonds. The molecule has 0 N–H and O–H groups in total. The second kappa shape index (κ2) is 13.4. The topological polar surface area (TPSA) is 8.17 Å². The highest BCUT2D eigenvalue weighted by Gasteiger charge is 2.46. The van der Waals surface area contributed by atoms with Gasteiger partial charge in [0.15, 0.2) is 0 Å². The van der Waals surface area contributed by atoms with E-state index in [9.17, 15) is 0 Å². The zero-order valence-electron chi connectivity index (χ0n) is 31.3. The quantitative estimate of drug-likeness (QED) is 0.159. The lowest BCUT2D eigenvalue weighted by atomic mass is 9.67. The summed E-state index contributed by atoms with van der Waals surface area (Å²) in [6.07, 6.45) is 0. The normalized spacial score (nSPS) is 12.7. The molecule has 57 heavy (non-hydrogen) atoms. The smallest absolute Gasteiger partial charge is 0.0714 e. The Bertz CT molecular complexity index is 3000. The van der Waals surface area contributed by atoms with Crippen LogP contribution in [0, 0.1) is 0 Å². The van der Waals surface area contributed by atoms with Crippen molar-refractivity contribution in [3.05, 3.63) is 253 Å². The van der Waals surface area contributed by atoms with Crippen LogP contribution in [0.1, 0.15) is 22.3 Å². The molecule has 2 heteroatoms. The van der Waals surface area contributed by atoms with Crippen LogP contribution < -0.4 is 4.90 Å². The maximum Gasteiger partial charge on any atom is 0.0714 e. The summed E-state index contributed by atoms with van der Waals surface area (Å²) < 4.78 is 2.43. The van der Waals surface area contributed by atoms with Gasteiger partial charge in [0.2, 0.25) is 0 Å². The van der Waals surface area contributed by atoms with Gasteiger partial charge >= 0.3 is 0 Å². The van der Waals surface area contributed by atoms with E-state index in [0.29, 0.717) is 0 Å². The van der Waals surface area contributed by atoms with Crippen LogP contribution in [0.2, 0.25) is 0 Å². The lowest BCUT2D eigenvalue weighted by Gasteiger charge is -2.35. The number of hydrogen-bond donors (Lipinski definition) is 0. The van der Waals surface area contributed by atoms with Gasteiger partial charge in [-0.25, -0.2) is 0 Å². The Morgan fingerprint density at radius 1 is 0.368 bits per heavy atom. The van der Waals surface area contributed by atoms with Crippen molar-refractivity contribution in [1.82, 2.24) is 4.57 Å². The number of aromatic nitrogens is 1. The fourth-order valence-electron chi connectivity index (χ4n) is 9.48. The summed E-state index contributed by atoms with van der Waals surface area (Å²) >= 11 is 0. The third-order valence-corrected chi connectivity index (χ3v) is 11.8. The van der Waals surface area contributed by atoms with Crippen LogP contribution in [0.4, 0.5) is 17.1 Å². The van der Waals surface area contributed by atoms with Gasteiger partial charge in [0.1, 0.15) is 0 Å². The van der Waals surface area contributed by atoms with Crippen molar-refractivity contribution >= 4 is 38.9 Å². The van der Waals surface area contributed by atoms with Crippen molar-refractivity contribution < 1.29 is 0 Å². The number of fused-ring (bicyclic) bond motifs is 6. The van der Waals surface area contributed by atoms with Gasteiger partial charge < -0.3 is 9.47 Å². The lowest BCUT2D eigenvalue weighted by molar-refractivity contribution is 0.768. The second-order valence-electron chi connectivity index (χ2n) is 14.9. The van der Waals surface area contributed by atoms with Gasteiger partial charge in [-0.2, -0.15) is 0 Å². The number of anilines is 3. The number of rotatable bonds is 7. The van der Waals surface area contributed by atoms with Crippen molar-refractivity contribution in [2.45, 2.75) is 5.41 Å². The van der Waals surface area contributed by atoms with Crippen LogP contribution in [-0.4, -0.2) is 4.57 Å². The average molecular weight is 727 g/mol. The molecule has 0 unspecified atom stereocenters. The molecule has 1 heterocycles. The molecule has 0 bridgehead atoms. The molecule has 9 aromatic carbocycles. The molecule has 11 rings (SSSR count). The summed E-state index contributed by atoms with van der Waals surface area (Å²) in [5.41, 5.74) is 16.3. The minimum absolute atomic E-state index is 0.517. The summed E-state index contributed by atoms with van der Waals surface area (Å²) in [4.78, 5) is 2.49. The molecular formula is C55H38N2. The van der Waals surface area contributed by atoms with Crippen molar-refractivity contribution in [3.63, 3.8) is 0 Å². The maximum absolute atomic E-state index is 2.49. The highest BCUT2D eigenvalue weighted by atomic mass is 15.1. The van der Waals surface area contributed by atoms with E-state index in [0.717, 1.165) is 33.8 Å². The lowest BCUT2D eigenvalue weighted by Crippen LogP contribution is -2.28. The van der Waals surface area contributed by atoms with Crippen LogP contribution in [0.25, 0.3) is 49.7 Å². The Morgan fingerprint density at radius 3 is 1.63 bits per heavy atom. The Balaban J connectivity index is 1.26. The predicted molar refractivity (Wildman–Crippen MR) is 238 cm³/mol. The first-order valence-corrected chi connectivity index (χ1v) is 19.7. The zero-order valence-corrected chi connectivity index (χ0v) is 31.3. The number of para-hydroxylation sites is 3. The highest BCUT2D eigenvalue weighted by Crippen LogP contribution is 2.57. The molecule has 0 spiro atoms. The average Bonchev–Trinajstić information content (AvgIpc) is 3.79. The third kappa shape index (κ3) is 5.11. The molecule has 0 radical (unpaired) electrons. The SMILES string of the molecule is c1ccc(-c2cc(N(c3ccccc3)c3ccc4c(c3)C(c3ccccc3)(c3ccccc3)c3ccccc3-4)c3c4ccccc4n(-c4ccccc4)c3c2)cc1. The Hall–Kier alpha value is -7.42. The minimum atomic E-state index is -0.517. The Kier molecular flexibility index (Phi) is 7.75. The molecule has 268 valence electrons. The fraction of sp³-hybridized carbons (Fsp3) is 0.0182. The van der Waals surface area contributed by atoms with E-state index in [1.54, 1.807) is 0 Å².